The van der Waals surface area contributed by atoms with Crippen molar-refractivity contribution in [3.63, 3.8) is 0 Å². The van der Waals surface area contributed by atoms with Gasteiger partial charge in [-0.25, -0.2) is 9.97 Å². The molecule has 0 aliphatic carbocycles. The molecule has 1 amide bonds. The number of carbonyl (C=O) groups excluding carboxylic acids is 1. The van der Waals surface area contributed by atoms with Crippen LogP contribution in [-0.4, -0.2) is 33.9 Å². The van der Waals surface area contributed by atoms with Crippen LogP contribution in [0.5, 0.6) is 0 Å². The average Bonchev–Trinajstić information content (AvgIpc) is 2.85. The zero-order valence-electron chi connectivity index (χ0n) is 14.7. The minimum absolute atomic E-state index is 0.0142. The van der Waals surface area contributed by atoms with Crippen LogP contribution in [0.3, 0.4) is 0 Å². The third-order valence-corrected chi connectivity index (χ3v) is 5.56. The van der Waals surface area contributed by atoms with Gasteiger partial charge in [-0.15, -0.1) is 0 Å². The Bertz CT molecular complexity index is 863. The SMILES string of the molecule is Cc1nc2c(c(N3CCC3)n1)CN(C(=O)c1ccc(C)c(Cl)c1)C2C. The summed E-state index contributed by atoms with van der Waals surface area (Å²) in [6.45, 7) is 8.49. The van der Waals surface area contributed by atoms with E-state index < -0.39 is 0 Å². The van der Waals surface area contributed by atoms with Crippen LogP contribution < -0.4 is 4.90 Å². The van der Waals surface area contributed by atoms with Crippen molar-refractivity contribution in [2.75, 3.05) is 18.0 Å². The summed E-state index contributed by atoms with van der Waals surface area (Å²) in [6.07, 6.45) is 1.19. The molecule has 0 N–H and O–H groups in total. The van der Waals surface area contributed by atoms with Crippen LogP contribution in [0, 0.1) is 13.8 Å². The fourth-order valence-electron chi connectivity index (χ4n) is 3.48. The van der Waals surface area contributed by atoms with E-state index in [2.05, 4.69) is 14.9 Å². The number of aryl methyl sites for hydroxylation is 2. The van der Waals surface area contributed by atoms with Gasteiger partial charge in [0.25, 0.3) is 5.91 Å². The van der Waals surface area contributed by atoms with Gasteiger partial charge < -0.3 is 9.80 Å². The van der Waals surface area contributed by atoms with E-state index in [1.165, 1.54) is 6.42 Å². The standard InChI is InChI=1S/C19H21ClN4O/c1-11-5-6-14(9-16(11)20)19(25)24-10-15-17(12(24)2)21-13(3)22-18(15)23-7-4-8-23/h5-6,9,12H,4,7-8,10H2,1-3H3. The van der Waals surface area contributed by atoms with Crippen LogP contribution in [-0.2, 0) is 6.54 Å². The first kappa shape index (κ1) is 16.3. The quantitative estimate of drug-likeness (QED) is 0.823. The second-order valence-corrected chi connectivity index (χ2v) is 7.28. The maximum absolute atomic E-state index is 13.0. The summed E-state index contributed by atoms with van der Waals surface area (Å²) in [5.74, 6) is 1.75. The van der Waals surface area contributed by atoms with Crippen molar-refractivity contribution < 1.29 is 4.79 Å². The Morgan fingerprint density at radius 3 is 2.64 bits per heavy atom. The van der Waals surface area contributed by atoms with Gasteiger partial charge >= 0.3 is 0 Å². The highest BCUT2D eigenvalue weighted by molar-refractivity contribution is 6.31. The number of halogens is 1. The predicted molar refractivity (Wildman–Crippen MR) is 98.1 cm³/mol. The molecule has 2 aliphatic heterocycles. The molecule has 1 fully saturated rings. The van der Waals surface area contributed by atoms with E-state index in [1.807, 2.05) is 37.8 Å². The molecule has 0 spiro atoms. The summed E-state index contributed by atoms with van der Waals surface area (Å²) in [4.78, 5) is 26.5. The molecule has 1 aromatic carbocycles. The average molecular weight is 357 g/mol. The lowest BCUT2D eigenvalue weighted by molar-refractivity contribution is 0.0703. The maximum Gasteiger partial charge on any atom is 0.254 e. The van der Waals surface area contributed by atoms with Crippen LogP contribution in [0.1, 0.15) is 52.4 Å². The van der Waals surface area contributed by atoms with Crippen LogP contribution >= 0.6 is 11.6 Å². The Balaban J connectivity index is 1.68. The van der Waals surface area contributed by atoms with Gasteiger partial charge in [0.1, 0.15) is 11.6 Å². The van der Waals surface area contributed by atoms with Crippen LogP contribution in [0.25, 0.3) is 0 Å². The third-order valence-electron chi connectivity index (χ3n) is 5.16. The first-order valence-corrected chi connectivity index (χ1v) is 9.03. The van der Waals surface area contributed by atoms with E-state index in [9.17, 15) is 4.79 Å². The lowest BCUT2D eigenvalue weighted by atomic mass is 10.1. The van der Waals surface area contributed by atoms with Crippen molar-refractivity contribution in [1.29, 1.82) is 0 Å². The van der Waals surface area contributed by atoms with Gasteiger partial charge in [-0.2, -0.15) is 0 Å². The number of anilines is 1. The largest absolute Gasteiger partial charge is 0.356 e. The topological polar surface area (TPSA) is 49.3 Å². The molecule has 5 nitrogen and oxygen atoms in total. The fraction of sp³-hybridized carbons (Fsp3) is 0.421. The van der Waals surface area contributed by atoms with Gasteiger partial charge in [-0.3, -0.25) is 4.79 Å². The smallest absolute Gasteiger partial charge is 0.254 e. The normalized spacial score (nSPS) is 19.0. The molecule has 1 unspecified atom stereocenters. The van der Waals surface area contributed by atoms with Gasteiger partial charge in [0.2, 0.25) is 0 Å². The maximum atomic E-state index is 13.0. The van der Waals surface area contributed by atoms with Gasteiger partial charge in [0.05, 0.1) is 18.3 Å². The molecule has 1 atom stereocenters. The van der Waals surface area contributed by atoms with Crippen LogP contribution in [0.2, 0.25) is 5.02 Å². The Hall–Kier alpha value is -2.14. The number of aromatic nitrogens is 2. The lowest BCUT2D eigenvalue weighted by Crippen LogP contribution is -2.38. The molecular formula is C19H21ClN4O. The summed E-state index contributed by atoms with van der Waals surface area (Å²) in [5, 5.41) is 0.618. The fourth-order valence-corrected chi connectivity index (χ4v) is 3.66. The zero-order valence-corrected chi connectivity index (χ0v) is 15.5. The number of hydrogen-bond donors (Lipinski definition) is 0. The molecule has 0 saturated carbocycles. The van der Waals surface area contributed by atoms with E-state index in [1.54, 1.807) is 6.07 Å². The molecule has 0 radical (unpaired) electrons. The number of amides is 1. The Morgan fingerprint density at radius 2 is 2.00 bits per heavy atom. The Kier molecular flexibility index (Phi) is 3.91. The number of carbonyl (C=O) groups is 1. The summed E-state index contributed by atoms with van der Waals surface area (Å²) in [5.41, 5.74) is 3.65. The molecular weight excluding hydrogens is 336 g/mol. The highest BCUT2D eigenvalue weighted by atomic mass is 35.5. The minimum atomic E-state index is -0.0655. The molecule has 4 rings (SSSR count). The molecule has 1 saturated heterocycles. The summed E-state index contributed by atoms with van der Waals surface area (Å²) in [6, 6.07) is 5.41. The summed E-state index contributed by atoms with van der Waals surface area (Å²) in [7, 11) is 0. The molecule has 130 valence electrons. The van der Waals surface area contributed by atoms with Crippen molar-refractivity contribution in [1.82, 2.24) is 14.9 Å². The lowest BCUT2D eigenvalue weighted by Gasteiger charge is -2.33. The van der Waals surface area contributed by atoms with Crippen molar-refractivity contribution >= 4 is 23.3 Å². The van der Waals surface area contributed by atoms with Crippen LogP contribution in [0.15, 0.2) is 18.2 Å². The molecule has 25 heavy (non-hydrogen) atoms. The predicted octanol–water partition coefficient (Wildman–Crippen LogP) is 3.67. The zero-order chi connectivity index (χ0) is 17.7. The number of rotatable bonds is 2. The van der Waals surface area contributed by atoms with Crippen molar-refractivity contribution in [2.24, 2.45) is 0 Å². The molecule has 3 heterocycles. The van der Waals surface area contributed by atoms with Gasteiger partial charge in [-0.1, -0.05) is 17.7 Å². The van der Waals surface area contributed by atoms with Crippen molar-refractivity contribution in [2.45, 2.75) is 39.8 Å². The summed E-state index contributed by atoms with van der Waals surface area (Å²) < 4.78 is 0. The highest BCUT2D eigenvalue weighted by Gasteiger charge is 2.36. The van der Waals surface area contributed by atoms with E-state index >= 15 is 0 Å². The Labute approximate surface area is 152 Å². The number of nitrogens with zero attached hydrogens (tertiary/aromatic N) is 4. The highest BCUT2D eigenvalue weighted by Crippen LogP contribution is 2.38. The van der Waals surface area contributed by atoms with E-state index in [0.717, 1.165) is 41.6 Å². The minimum Gasteiger partial charge on any atom is -0.356 e. The van der Waals surface area contributed by atoms with Crippen molar-refractivity contribution in [3.8, 4) is 0 Å². The molecule has 0 bridgehead atoms. The first-order valence-electron chi connectivity index (χ1n) is 8.65. The number of hydrogen-bond acceptors (Lipinski definition) is 4. The molecule has 1 aromatic heterocycles. The van der Waals surface area contributed by atoms with E-state index in [0.29, 0.717) is 17.1 Å². The van der Waals surface area contributed by atoms with Crippen LogP contribution in [0.4, 0.5) is 5.82 Å². The monoisotopic (exact) mass is 356 g/mol. The summed E-state index contributed by atoms with van der Waals surface area (Å²) >= 11 is 6.20. The van der Waals surface area contributed by atoms with E-state index in [4.69, 9.17) is 11.6 Å². The molecule has 2 aromatic rings. The second-order valence-electron chi connectivity index (χ2n) is 6.87. The van der Waals surface area contributed by atoms with E-state index in [-0.39, 0.29) is 11.9 Å². The van der Waals surface area contributed by atoms with Gasteiger partial charge in [0.15, 0.2) is 0 Å². The molecule has 6 heteroatoms. The van der Waals surface area contributed by atoms with Gasteiger partial charge in [0, 0.05) is 29.2 Å². The third kappa shape index (κ3) is 2.67. The Morgan fingerprint density at radius 1 is 1.24 bits per heavy atom. The van der Waals surface area contributed by atoms with Crippen molar-refractivity contribution in [3.05, 3.63) is 51.4 Å². The first-order chi connectivity index (χ1) is 12.0. The second kappa shape index (κ2) is 5.99. The molecule has 2 aliphatic rings. The number of fused-ring (bicyclic) bond motifs is 1. The van der Waals surface area contributed by atoms with Gasteiger partial charge in [-0.05, 0) is 44.9 Å². The number of benzene rings is 1.